The molecule has 2 aromatic rings. The monoisotopic (exact) mass is 322 g/mol. The number of nitrogens with one attached hydrogen (secondary N) is 1. The molecular formula is C20H22N2O2. The highest BCUT2D eigenvalue weighted by Crippen LogP contribution is 2.13. The molecule has 0 unspecified atom stereocenters. The van der Waals surface area contributed by atoms with Crippen LogP contribution in [0.4, 0.5) is 5.69 Å². The minimum atomic E-state index is -0.207. The Hall–Kier alpha value is -2.88. The summed E-state index contributed by atoms with van der Waals surface area (Å²) in [4.78, 5) is 25.4. The number of anilines is 1. The topological polar surface area (TPSA) is 49.4 Å². The molecule has 2 rings (SSSR count). The van der Waals surface area contributed by atoms with Crippen LogP contribution >= 0.6 is 0 Å². The molecule has 0 saturated carbocycles. The van der Waals surface area contributed by atoms with Crippen LogP contribution in [0.25, 0.3) is 6.08 Å². The number of carbonyl (C=O) groups is 2. The van der Waals surface area contributed by atoms with Crippen molar-refractivity contribution in [3.63, 3.8) is 0 Å². The molecule has 0 aliphatic rings. The van der Waals surface area contributed by atoms with E-state index in [0.29, 0.717) is 11.3 Å². The second kappa shape index (κ2) is 7.59. The van der Waals surface area contributed by atoms with Gasteiger partial charge in [-0.25, -0.2) is 0 Å². The summed E-state index contributed by atoms with van der Waals surface area (Å²) in [6.45, 7) is 4.06. The van der Waals surface area contributed by atoms with Crippen molar-refractivity contribution < 1.29 is 9.59 Å². The summed E-state index contributed by atoms with van der Waals surface area (Å²) in [5.74, 6) is -0.274. The lowest BCUT2D eigenvalue weighted by molar-refractivity contribution is -0.111. The van der Waals surface area contributed by atoms with Gasteiger partial charge in [0.15, 0.2) is 0 Å². The van der Waals surface area contributed by atoms with Crippen molar-refractivity contribution in [3.05, 3.63) is 70.8 Å². The van der Waals surface area contributed by atoms with Crippen molar-refractivity contribution in [1.82, 2.24) is 4.90 Å². The number of rotatable bonds is 4. The third kappa shape index (κ3) is 4.56. The maximum absolute atomic E-state index is 12.0. The Morgan fingerprint density at radius 1 is 1.00 bits per heavy atom. The largest absolute Gasteiger partial charge is 0.345 e. The quantitative estimate of drug-likeness (QED) is 0.873. The zero-order valence-corrected chi connectivity index (χ0v) is 14.5. The first-order valence-electron chi connectivity index (χ1n) is 7.75. The average Bonchev–Trinajstić information content (AvgIpc) is 2.54. The smallest absolute Gasteiger partial charge is 0.253 e. The summed E-state index contributed by atoms with van der Waals surface area (Å²) in [6.07, 6.45) is 3.31. The number of hydrogen-bond acceptors (Lipinski definition) is 2. The van der Waals surface area contributed by atoms with Gasteiger partial charge in [0.1, 0.15) is 0 Å². The molecule has 0 aromatic heterocycles. The molecule has 0 aliphatic heterocycles. The molecular weight excluding hydrogens is 300 g/mol. The van der Waals surface area contributed by atoms with Crippen molar-refractivity contribution in [2.45, 2.75) is 13.8 Å². The number of amides is 2. The first-order chi connectivity index (χ1) is 11.4. The third-order valence-corrected chi connectivity index (χ3v) is 3.65. The average molecular weight is 322 g/mol. The molecule has 0 atom stereocenters. The van der Waals surface area contributed by atoms with Gasteiger partial charge in [0.2, 0.25) is 5.91 Å². The summed E-state index contributed by atoms with van der Waals surface area (Å²) in [5, 5.41) is 2.79. The molecule has 4 nitrogen and oxygen atoms in total. The van der Waals surface area contributed by atoms with Gasteiger partial charge in [-0.15, -0.1) is 0 Å². The van der Waals surface area contributed by atoms with Crippen LogP contribution in [0.2, 0.25) is 0 Å². The van der Waals surface area contributed by atoms with Gasteiger partial charge in [-0.3, -0.25) is 9.59 Å². The fourth-order valence-corrected chi connectivity index (χ4v) is 2.32. The molecule has 0 bridgehead atoms. The van der Waals surface area contributed by atoms with E-state index in [0.717, 1.165) is 11.1 Å². The molecule has 2 aromatic carbocycles. The van der Waals surface area contributed by atoms with Crippen LogP contribution < -0.4 is 5.32 Å². The van der Waals surface area contributed by atoms with Gasteiger partial charge >= 0.3 is 0 Å². The summed E-state index contributed by atoms with van der Waals surface area (Å²) < 4.78 is 0. The highest BCUT2D eigenvalue weighted by Gasteiger charge is 2.07. The first kappa shape index (κ1) is 17.5. The van der Waals surface area contributed by atoms with Crippen LogP contribution in [0.5, 0.6) is 0 Å². The number of aryl methyl sites for hydroxylation is 2. The van der Waals surface area contributed by atoms with Gasteiger partial charge in [-0.05, 0) is 55.3 Å². The summed E-state index contributed by atoms with van der Waals surface area (Å²) in [6, 6.07) is 12.9. The van der Waals surface area contributed by atoms with Crippen LogP contribution in [0, 0.1) is 13.8 Å². The summed E-state index contributed by atoms with van der Waals surface area (Å²) >= 11 is 0. The van der Waals surface area contributed by atoms with Crippen molar-refractivity contribution >= 4 is 23.6 Å². The molecule has 0 heterocycles. The Bertz CT molecular complexity index is 775. The minimum absolute atomic E-state index is 0.0670. The van der Waals surface area contributed by atoms with E-state index in [1.54, 1.807) is 44.4 Å². The van der Waals surface area contributed by atoms with Gasteiger partial charge in [0.25, 0.3) is 5.91 Å². The number of hydrogen-bond donors (Lipinski definition) is 1. The van der Waals surface area contributed by atoms with Crippen LogP contribution in [0.1, 0.15) is 27.0 Å². The molecule has 0 fully saturated rings. The lowest BCUT2D eigenvalue weighted by Gasteiger charge is -2.10. The third-order valence-electron chi connectivity index (χ3n) is 3.65. The van der Waals surface area contributed by atoms with Crippen molar-refractivity contribution in [2.24, 2.45) is 0 Å². The van der Waals surface area contributed by atoms with E-state index in [4.69, 9.17) is 0 Å². The Morgan fingerprint density at radius 2 is 1.67 bits per heavy atom. The minimum Gasteiger partial charge on any atom is -0.345 e. The molecule has 2 amide bonds. The van der Waals surface area contributed by atoms with Crippen LogP contribution in [0.15, 0.2) is 48.5 Å². The van der Waals surface area contributed by atoms with Crippen molar-refractivity contribution in [3.8, 4) is 0 Å². The lowest BCUT2D eigenvalue weighted by Crippen LogP contribution is -2.21. The van der Waals surface area contributed by atoms with Crippen molar-refractivity contribution in [2.75, 3.05) is 19.4 Å². The molecule has 24 heavy (non-hydrogen) atoms. The zero-order valence-electron chi connectivity index (χ0n) is 14.5. The van der Waals surface area contributed by atoms with Crippen LogP contribution in [-0.4, -0.2) is 30.8 Å². The standard InChI is InChI=1S/C20H22N2O2/c1-14-5-6-16(15(2)13-14)9-12-19(23)21-18-10-7-17(8-11-18)20(24)22(3)4/h5-13H,1-4H3,(H,21,23). The van der Waals surface area contributed by atoms with Gasteiger partial charge in [-0.2, -0.15) is 0 Å². The second-order valence-electron chi connectivity index (χ2n) is 5.96. The van der Waals surface area contributed by atoms with E-state index in [1.165, 1.54) is 16.5 Å². The van der Waals surface area contributed by atoms with Crippen molar-refractivity contribution in [1.29, 1.82) is 0 Å². The van der Waals surface area contributed by atoms with E-state index in [2.05, 4.69) is 11.4 Å². The van der Waals surface area contributed by atoms with Gasteiger partial charge in [-0.1, -0.05) is 23.8 Å². The molecule has 0 radical (unpaired) electrons. The second-order valence-corrected chi connectivity index (χ2v) is 5.96. The molecule has 4 heteroatoms. The molecule has 0 spiro atoms. The van der Waals surface area contributed by atoms with E-state index >= 15 is 0 Å². The number of nitrogens with zero attached hydrogens (tertiary/aromatic N) is 1. The first-order valence-corrected chi connectivity index (χ1v) is 7.75. The van der Waals surface area contributed by atoms with Crippen LogP contribution in [0.3, 0.4) is 0 Å². The summed E-state index contributed by atoms with van der Waals surface area (Å²) in [7, 11) is 3.41. The predicted molar refractivity (Wildman–Crippen MR) is 98.0 cm³/mol. The number of carbonyl (C=O) groups excluding carboxylic acids is 2. The predicted octanol–water partition coefficient (Wildman–Crippen LogP) is 3.66. The van der Waals surface area contributed by atoms with Gasteiger partial charge in [0.05, 0.1) is 0 Å². The Morgan fingerprint density at radius 3 is 2.25 bits per heavy atom. The normalized spacial score (nSPS) is 10.7. The van der Waals surface area contributed by atoms with Crippen LogP contribution in [-0.2, 0) is 4.79 Å². The van der Waals surface area contributed by atoms with E-state index in [-0.39, 0.29) is 11.8 Å². The van der Waals surface area contributed by atoms with Gasteiger partial charge < -0.3 is 10.2 Å². The maximum atomic E-state index is 12.0. The lowest BCUT2D eigenvalue weighted by atomic mass is 10.1. The van der Waals surface area contributed by atoms with E-state index in [1.807, 2.05) is 26.0 Å². The van der Waals surface area contributed by atoms with E-state index < -0.39 is 0 Å². The number of benzene rings is 2. The Balaban J connectivity index is 2.02. The molecule has 124 valence electrons. The van der Waals surface area contributed by atoms with Gasteiger partial charge in [0, 0.05) is 31.4 Å². The molecule has 1 N–H and O–H groups in total. The summed E-state index contributed by atoms with van der Waals surface area (Å²) in [5.41, 5.74) is 4.58. The Labute approximate surface area is 142 Å². The molecule has 0 saturated heterocycles. The maximum Gasteiger partial charge on any atom is 0.253 e. The SMILES string of the molecule is Cc1ccc(C=CC(=O)Nc2ccc(C(=O)N(C)C)cc2)c(C)c1. The fraction of sp³-hybridized carbons (Fsp3) is 0.200. The fourth-order valence-electron chi connectivity index (χ4n) is 2.32. The highest BCUT2D eigenvalue weighted by molar-refractivity contribution is 6.02. The highest BCUT2D eigenvalue weighted by atomic mass is 16.2. The molecule has 0 aliphatic carbocycles. The van der Waals surface area contributed by atoms with E-state index in [9.17, 15) is 9.59 Å². The Kier molecular flexibility index (Phi) is 5.53. The zero-order chi connectivity index (χ0) is 17.7.